The third-order valence-corrected chi connectivity index (χ3v) is 5.06. The molecule has 1 aliphatic rings. The van der Waals surface area contributed by atoms with E-state index < -0.39 is 5.54 Å². The van der Waals surface area contributed by atoms with Crippen molar-refractivity contribution >= 4 is 28.3 Å². The molecule has 132 valence electrons. The maximum absolute atomic E-state index is 12.9. The lowest BCUT2D eigenvalue weighted by molar-refractivity contribution is -0.142. The minimum atomic E-state index is -0.541. The average Bonchev–Trinajstić information content (AvgIpc) is 2.61. The molecule has 1 saturated carbocycles. The van der Waals surface area contributed by atoms with Crippen LogP contribution in [0.3, 0.4) is 0 Å². The molecule has 0 aromatic heterocycles. The van der Waals surface area contributed by atoms with Crippen molar-refractivity contribution in [1.82, 2.24) is 5.32 Å². The topological polar surface area (TPSA) is 81.4 Å². The number of nitrogens with one attached hydrogen (secondary N) is 1. The first kappa shape index (κ1) is 17.3. The maximum atomic E-state index is 12.9. The predicted molar refractivity (Wildman–Crippen MR) is 98.3 cm³/mol. The summed E-state index contributed by atoms with van der Waals surface area (Å²) in [5.74, 6) is -0.525. The summed E-state index contributed by atoms with van der Waals surface area (Å²) in [5.41, 5.74) is 6.47. The third kappa shape index (κ3) is 3.76. The Kier molecular flexibility index (Phi) is 4.93. The number of nitrogens with two attached hydrogens (primary N) is 1. The Labute approximate surface area is 147 Å². The Morgan fingerprint density at radius 3 is 2.40 bits per heavy atom. The number of amides is 1. The number of benzene rings is 2. The van der Waals surface area contributed by atoms with E-state index in [4.69, 9.17) is 10.5 Å². The van der Waals surface area contributed by atoms with Gasteiger partial charge in [0.05, 0.1) is 24.6 Å². The third-order valence-electron chi connectivity index (χ3n) is 5.06. The predicted octanol–water partition coefficient (Wildman–Crippen LogP) is 3.42. The van der Waals surface area contributed by atoms with Crippen LogP contribution in [0.5, 0.6) is 0 Å². The zero-order valence-corrected chi connectivity index (χ0v) is 14.5. The zero-order chi connectivity index (χ0) is 17.9. The Balaban J connectivity index is 1.88. The first-order chi connectivity index (χ1) is 12.0. The molecule has 0 spiro atoms. The number of anilines is 1. The van der Waals surface area contributed by atoms with Gasteiger partial charge in [-0.15, -0.1) is 0 Å². The molecular formula is C20H24N2O3. The lowest BCUT2D eigenvalue weighted by Gasteiger charge is -2.37. The molecule has 0 atom stereocenters. The highest BCUT2D eigenvalue weighted by atomic mass is 16.5. The monoisotopic (exact) mass is 340 g/mol. The fraction of sp³-hybridized carbons (Fsp3) is 0.400. The number of ether oxygens (including phenoxy) is 1. The smallest absolute Gasteiger partial charge is 0.307 e. The van der Waals surface area contributed by atoms with Crippen LogP contribution in [0.25, 0.3) is 10.8 Å². The van der Waals surface area contributed by atoms with E-state index >= 15 is 0 Å². The van der Waals surface area contributed by atoms with Crippen LogP contribution >= 0.6 is 0 Å². The fourth-order valence-corrected chi connectivity index (χ4v) is 3.69. The number of carbonyl (C=O) groups is 2. The minimum Gasteiger partial charge on any atom is -0.469 e. The molecule has 2 aromatic rings. The van der Waals surface area contributed by atoms with Crippen molar-refractivity contribution < 1.29 is 14.3 Å². The van der Waals surface area contributed by atoms with E-state index in [-0.39, 0.29) is 18.3 Å². The van der Waals surface area contributed by atoms with E-state index in [1.165, 1.54) is 7.11 Å². The lowest BCUT2D eigenvalue weighted by atomic mass is 9.79. The maximum Gasteiger partial charge on any atom is 0.307 e. The van der Waals surface area contributed by atoms with Gasteiger partial charge in [-0.3, -0.25) is 9.59 Å². The number of hydrogen-bond donors (Lipinski definition) is 2. The number of fused-ring (bicyclic) bond motifs is 1. The average molecular weight is 340 g/mol. The summed E-state index contributed by atoms with van der Waals surface area (Å²) in [6.45, 7) is 0. The van der Waals surface area contributed by atoms with Crippen LogP contribution in [0.1, 0.15) is 48.9 Å². The molecule has 0 aliphatic heterocycles. The van der Waals surface area contributed by atoms with E-state index in [2.05, 4.69) is 5.32 Å². The van der Waals surface area contributed by atoms with Gasteiger partial charge in [0.15, 0.2) is 0 Å². The highest BCUT2D eigenvalue weighted by Gasteiger charge is 2.36. The Hall–Kier alpha value is -2.56. The van der Waals surface area contributed by atoms with Crippen LogP contribution in [-0.4, -0.2) is 24.5 Å². The Morgan fingerprint density at radius 2 is 1.76 bits per heavy atom. The van der Waals surface area contributed by atoms with E-state index in [1.807, 2.05) is 36.4 Å². The van der Waals surface area contributed by atoms with Gasteiger partial charge >= 0.3 is 5.97 Å². The zero-order valence-electron chi connectivity index (χ0n) is 14.5. The first-order valence-corrected chi connectivity index (χ1v) is 8.71. The fourth-order valence-electron chi connectivity index (χ4n) is 3.69. The van der Waals surface area contributed by atoms with Gasteiger partial charge in [-0.05, 0) is 35.7 Å². The summed E-state index contributed by atoms with van der Waals surface area (Å²) >= 11 is 0. The molecule has 1 amide bonds. The van der Waals surface area contributed by atoms with Crippen LogP contribution in [0.15, 0.2) is 36.4 Å². The van der Waals surface area contributed by atoms with Crippen molar-refractivity contribution in [3.8, 4) is 0 Å². The van der Waals surface area contributed by atoms with Gasteiger partial charge in [0, 0.05) is 5.69 Å². The van der Waals surface area contributed by atoms with Crippen LogP contribution in [-0.2, 0) is 9.53 Å². The van der Waals surface area contributed by atoms with Crippen LogP contribution in [0.2, 0.25) is 0 Å². The summed E-state index contributed by atoms with van der Waals surface area (Å²) in [7, 11) is 1.38. The normalized spacial score (nSPS) is 16.4. The molecule has 5 heteroatoms. The van der Waals surface area contributed by atoms with Crippen molar-refractivity contribution in [2.45, 2.75) is 44.1 Å². The summed E-state index contributed by atoms with van der Waals surface area (Å²) in [6, 6.07) is 11.4. The highest BCUT2D eigenvalue weighted by molar-refractivity contribution is 6.04. The molecule has 0 saturated heterocycles. The number of rotatable bonds is 4. The molecule has 1 aliphatic carbocycles. The Bertz CT molecular complexity index is 795. The molecule has 0 bridgehead atoms. The van der Waals surface area contributed by atoms with Gasteiger partial charge in [-0.2, -0.15) is 0 Å². The molecule has 0 radical (unpaired) electrons. The van der Waals surface area contributed by atoms with Crippen molar-refractivity contribution in [1.29, 1.82) is 0 Å². The van der Waals surface area contributed by atoms with Crippen molar-refractivity contribution in [2.24, 2.45) is 0 Å². The molecule has 2 aromatic carbocycles. The van der Waals surface area contributed by atoms with Crippen LogP contribution in [0, 0.1) is 0 Å². The number of carbonyl (C=O) groups excluding carboxylic acids is 2. The second kappa shape index (κ2) is 7.13. The van der Waals surface area contributed by atoms with Gasteiger partial charge in [0.1, 0.15) is 0 Å². The molecule has 5 nitrogen and oxygen atoms in total. The minimum absolute atomic E-state index is 0.197. The first-order valence-electron chi connectivity index (χ1n) is 8.71. The van der Waals surface area contributed by atoms with Crippen molar-refractivity contribution in [3.63, 3.8) is 0 Å². The molecule has 25 heavy (non-hydrogen) atoms. The van der Waals surface area contributed by atoms with Gasteiger partial charge in [0.2, 0.25) is 0 Å². The number of esters is 1. The van der Waals surface area contributed by atoms with E-state index in [1.54, 1.807) is 0 Å². The summed E-state index contributed by atoms with van der Waals surface area (Å²) in [6.07, 6.45) is 4.86. The van der Waals surface area contributed by atoms with Gasteiger partial charge in [-0.1, -0.05) is 43.5 Å². The largest absolute Gasteiger partial charge is 0.469 e. The van der Waals surface area contributed by atoms with E-state index in [0.717, 1.165) is 42.9 Å². The van der Waals surface area contributed by atoms with Crippen molar-refractivity contribution in [3.05, 3.63) is 42.0 Å². The highest BCUT2D eigenvalue weighted by Crippen LogP contribution is 2.32. The van der Waals surface area contributed by atoms with Crippen LogP contribution in [0.4, 0.5) is 5.69 Å². The molecular weight excluding hydrogens is 316 g/mol. The molecule has 0 heterocycles. The van der Waals surface area contributed by atoms with Gasteiger partial charge in [0.25, 0.3) is 5.91 Å². The quantitative estimate of drug-likeness (QED) is 0.660. The van der Waals surface area contributed by atoms with E-state index in [9.17, 15) is 9.59 Å². The number of nitrogen functional groups attached to an aromatic ring is 1. The van der Waals surface area contributed by atoms with Gasteiger partial charge in [-0.25, -0.2) is 0 Å². The molecule has 0 unspecified atom stereocenters. The second-order valence-corrected chi connectivity index (χ2v) is 6.83. The van der Waals surface area contributed by atoms with Crippen LogP contribution < -0.4 is 11.1 Å². The van der Waals surface area contributed by atoms with Gasteiger partial charge < -0.3 is 15.8 Å². The molecule has 3 N–H and O–H groups in total. The SMILES string of the molecule is COC(=O)CC1(NC(=O)c2cc3ccccc3cc2N)CCCCC1. The summed E-state index contributed by atoms with van der Waals surface area (Å²) < 4.78 is 4.83. The summed E-state index contributed by atoms with van der Waals surface area (Å²) in [4.78, 5) is 24.8. The standard InChI is InChI=1S/C20H24N2O3/c1-25-18(23)13-20(9-5-2-6-10-20)22-19(24)16-11-14-7-3-4-8-15(14)12-17(16)21/h3-4,7-8,11-12H,2,5-6,9-10,13,21H2,1H3,(H,22,24). The van der Waals surface area contributed by atoms with Crippen molar-refractivity contribution in [2.75, 3.05) is 12.8 Å². The van der Waals surface area contributed by atoms with E-state index in [0.29, 0.717) is 11.3 Å². The summed E-state index contributed by atoms with van der Waals surface area (Å²) in [5, 5.41) is 5.06. The number of methoxy groups -OCH3 is 1. The second-order valence-electron chi connectivity index (χ2n) is 6.83. The lowest BCUT2D eigenvalue weighted by Crippen LogP contribution is -2.51. The number of hydrogen-bond acceptors (Lipinski definition) is 4. The molecule has 3 rings (SSSR count). The Morgan fingerprint density at radius 1 is 1.12 bits per heavy atom. The molecule has 1 fully saturated rings.